The SMILES string of the molecule is CC1(C)C(C=C(Cl)Cl)C1C(=O)OCn1c(=O)n2n(c1=O)CCCC2. The van der Waals surface area contributed by atoms with Crippen molar-refractivity contribution in [3.8, 4) is 0 Å². The maximum atomic E-state index is 12.3. The molecule has 1 aliphatic heterocycles. The third kappa shape index (κ3) is 2.84. The van der Waals surface area contributed by atoms with Gasteiger partial charge in [-0.05, 0) is 30.3 Å². The second-order valence-corrected chi connectivity index (χ2v) is 7.83. The van der Waals surface area contributed by atoms with Gasteiger partial charge in [0.2, 0.25) is 0 Å². The van der Waals surface area contributed by atoms with Gasteiger partial charge >= 0.3 is 17.3 Å². The molecule has 2 unspecified atom stereocenters. The average Bonchev–Trinajstić information content (AvgIpc) is 2.96. The molecule has 0 radical (unpaired) electrons. The van der Waals surface area contributed by atoms with Crippen LogP contribution >= 0.6 is 23.2 Å². The molecule has 1 saturated carbocycles. The van der Waals surface area contributed by atoms with Crippen molar-refractivity contribution in [2.45, 2.75) is 46.5 Å². The number of esters is 1. The third-order valence-electron chi connectivity index (χ3n) is 4.99. The highest BCUT2D eigenvalue weighted by atomic mass is 35.5. The smallest absolute Gasteiger partial charge is 0.349 e. The Morgan fingerprint density at radius 3 is 2.25 bits per heavy atom. The summed E-state index contributed by atoms with van der Waals surface area (Å²) in [4.78, 5) is 36.8. The standard InChI is InChI=1S/C15H19Cl2N3O4/c1-15(2)9(7-10(16)17)11(15)12(21)24-8-18-13(22)19-5-3-4-6-20(19)14(18)23/h7,9,11H,3-6,8H2,1-2H3. The number of hydrogen-bond acceptors (Lipinski definition) is 4. The normalized spacial score (nSPS) is 24.2. The number of rotatable bonds is 4. The predicted octanol–water partition coefficient (Wildman–Crippen LogP) is 1.70. The molecule has 0 bridgehead atoms. The van der Waals surface area contributed by atoms with Crippen LogP contribution in [0.5, 0.6) is 0 Å². The summed E-state index contributed by atoms with van der Waals surface area (Å²) in [6.45, 7) is 4.46. The largest absolute Gasteiger partial charge is 0.443 e. The number of ether oxygens (including phenoxy) is 1. The van der Waals surface area contributed by atoms with Gasteiger partial charge in [-0.3, -0.25) is 4.79 Å². The molecule has 0 aromatic carbocycles. The number of allylic oxidation sites excluding steroid dienone is 1. The number of nitrogens with zero attached hydrogens (tertiary/aromatic N) is 3. The molecule has 132 valence electrons. The molecule has 2 heterocycles. The minimum atomic E-state index is -0.462. The molecular formula is C15H19Cl2N3O4. The van der Waals surface area contributed by atoms with Gasteiger partial charge in [0, 0.05) is 13.1 Å². The van der Waals surface area contributed by atoms with E-state index in [1.807, 2.05) is 13.8 Å². The Labute approximate surface area is 148 Å². The zero-order valence-corrected chi connectivity index (χ0v) is 15.0. The summed E-state index contributed by atoms with van der Waals surface area (Å²) in [6, 6.07) is 0. The molecular weight excluding hydrogens is 357 g/mol. The van der Waals surface area contributed by atoms with E-state index in [9.17, 15) is 14.4 Å². The summed E-state index contributed by atoms with van der Waals surface area (Å²) in [5, 5.41) is 0. The molecule has 2 atom stereocenters. The fourth-order valence-electron chi connectivity index (χ4n) is 3.43. The van der Waals surface area contributed by atoms with Crippen LogP contribution in [0.3, 0.4) is 0 Å². The minimum absolute atomic E-state index is 0.109. The van der Waals surface area contributed by atoms with Gasteiger partial charge in [0.05, 0.1) is 5.92 Å². The van der Waals surface area contributed by atoms with E-state index in [-0.39, 0.29) is 28.5 Å². The molecule has 2 aliphatic rings. The Bertz CT molecular complexity index is 776. The van der Waals surface area contributed by atoms with E-state index in [1.165, 1.54) is 9.36 Å². The number of carbonyl (C=O) groups excluding carboxylic acids is 1. The van der Waals surface area contributed by atoms with Crippen molar-refractivity contribution in [3.63, 3.8) is 0 Å². The molecule has 24 heavy (non-hydrogen) atoms. The topological polar surface area (TPSA) is 75.2 Å². The van der Waals surface area contributed by atoms with Crippen molar-refractivity contribution in [1.82, 2.24) is 13.9 Å². The van der Waals surface area contributed by atoms with E-state index in [4.69, 9.17) is 27.9 Å². The lowest BCUT2D eigenvalue weighted by Crippen LogP contribution is -2.31. The van der Waals surface area contributed by atoms with Crippen molar-refractivity contribution < 1.29 is 9.53 Å². The number of hydrogen-bond donors (Lipinski definition) is 0. The molecule has 1 aromatic rings. The van der Waals surface area contributed by atoms with E-state index in [1.54, 1.807) is 6.08 Å². The second-order valence-electron chi connectivity index (χ2n) is 6.82. The Hall–Kier alpha value is -1.47. The first-order chi connectivity index (χ1) is 11.2. The summed E-state index contributed by atoms with van der Waals surface area (Å²) in [5.41, 5.74) is -1.20. The summed E-state index contributed by atoms with van der Waals surface area (Å²) < 4.78 is 9.09. The van der Waals surface area contributed by atoms with Gasteiger partial charge in [-0.15, -0.1) is 0 Å². The van der Waals surface area contributed by atoms with Crippen LogP contribution in [0.2, 0.25) is 0 Å². The van der Waals surface area contributed by atoms with Crippen molar-refractivity contribution in [2.75, 3.05) is 0 Å². The third-order valence-corrected chi connectivity index (χ3v) is 5.24. The fourth-order valence-corrected chi connectivity index (χ4v) is 3.70. The number of halogens is 2. The Morgan fingerprint density at radius 1 is 1.21 bits per heavy atom. The molecule has 0 N–H and O–H groups in total. The maximum absolute atomic E-state index is 12.3. The van der Waals surface area contributed by atoms with Gasteiger partial charge in [-0.1, -0.05) is 37.0 Å². The Balaban J connectivity index is 1.72. The van der Waals surface area contributed by atoms with Crippen LogP contribution in [-0.4, -0.2) is 19.9 Å². The molecule has 0 spiro atoms. The molecule has 1 fully saturated rings. The van der Waals surface area contributed by atoms with E-state index in [0.717, 1.165) is 17.4 Å². The van der Waals surface area contributed by atoms with Gasteiger partial charge in [0.15, 0.2) is 6.73 Å². The highest BCUT2D eigenvalue weighted by Gasteiger charge is 2.61. The lowest BCUT2D eigenvalue weighted by Gasteiger charge is -2.13. The average molecular weight is 376 g/mol. The van der Waals surface area contributed by atoms with Gasteiger partial charge in [0.25, 0.3) is 0 Å². The summed E-state index contributed by atoms with van der Waals surface area (Å²) >= 11 is 11.3. The van der Waals surface area contributed by atoms with Crippen LogP contribution in [0.15, 0.2) is 20.2 Å². The van der Waals surface area contributed by atoms with Crippen molar-refractivity contribution in [3.05, 3.63) is 31.5 Å². The number of fused-ring (bicyclic) bond motifs is 1. The first-order valence-electron chi connectivity index (χ1n) is 7.85. The number of carbonyl (C=O) groups is 1. The zero-order chi connectivity index (χ0) is 17.6. The van der Waals surface area contributed by atoms with Crippen LogP contribution in [0.1, 0.15) is 26.7 Å². The first kappa shape index (κ1) is 17.4. The van der Waals surface area contributed by atoms with Crippen LogP contribution in [-0.2, 0) is 29.4 Å². The zero-order valence-electron chi connectivity index (χ0n) is 13.5. The Kier molecular flexibility index (Phi) is 4.42. The Morgan fingerprint density at radius 2 is 1.75 bits per heavy atom. The van der Waals surface area contributed by atoms with Crippen LogP contribution in [0.25, 0.3) is 0 Å². The van der Waals surface area contributed by atoms with Gasteiger partial charge in [-0.25, -0.2) is 23.5 Å². The molecule has 9 heteroatoms. The summed E-state index contributed by atoms with van der Waals surface area (Å²) in [5.74, 6) is -0.966. The molecule has 1 aromatic heterocycles. The van der Waals surface area contributed by atoms with Gasteiger partial charge in [0.1, 0.15) is 4.49 Å². The van der Waals surface area contributed by atoms with E-state index >= 15 is 0 Å². The summed E-state index contributed by atoms with van der Waals surface area (Å²) in [6.07, 6.45) is 3.33. The quantitative estimate of drug-likeness (QED) is 0.750. The first-order valence-corrected chi connectivity index (χ1v) is 8.60. The molecule has 3 rings (SSSR count). The monoisotopic (exact) mass is 375 g/mol. The highest BCUT2D eigenvalue weighted by molar-refractivity contribution is 6.55. The lowest BCUT2D eigenvalue weighted by atomic mass is 10.1. The minimum Gasteiger partial charge on any atom is -0.443 e. The van der Waals surface area contributed by atoms with Crippen LogP contribution in [0, 0.1) is 17.3 Å². The van der Waals surface area contributed by atoms with Crippen LogP contribution < -0.4 is 11.4 Å². The number of aromatic nitrogens is 3. The predicted molar refractivity (Wildman–Crippen MR) is 88.8 cm³/mol. The van der Waals surface area contributed by atoms with E-state index in [0.29, 0.717) is 13.1 Å². The fraction of sp³-hybridized carbons (Fsp3) is 0.667. The van der Waals surface area contributed by atoms with E-state index in [2.05, 4.69) is 0 Å². The highest BCUT2D eigenvalue weighted by Crippen LogP contribution is 2.60. The lowest BCUT2D eigenvalue weighted by molar-refractivity contribution is -0.150. The molecule has 0 saturated heterocycles. The molecule has 7 nitrogen and oxygen atoms in total. The summed E-state index contributed by atoms with van der Waals surface area (Å²) in [7, 11) is 0. The van der Waals surface area contributed by atoms with Crippen LogP contribution in [0.4, 0.5) is 0 Å². The maximum Gasteiger partial charge on any atom is 0.349 e. The second kappa shape index (κ2) is 6.11. The van der Waals surface area contributed by atoms with Crippen molar-refractivity contribution in [1.29, 1.82) is 0 Å². The molecule has 0 amide bonds. The van der Waals surface area contributed by atoms with Gasteiger partial charge < -0.3 is 4.74 Å². The van der Waals surface area contributed by atoms with Crippen molar-refractivity contribution >= 4 is 29.2 Å². The van der Waals surface area contributed by atoms with Gasteiger partial charge in [-0.2, -0.15) is 0 Å². The van der Waals surface area contributed by atoms with E-state index < -0.39 is 17.3 Å². The van der Waals surface area contributed by atoms with Crippen molar-refractivity contribution in [2.24, 2.45) is 17.3 Å². The molecule has 1 aliphatic carbocycles.